The molecule has 1 saturated heterocycles. The number of nitrogens with zero attached hydrogens (tertiary/aromatic N) is 1. The molecular formula is C19H22N2O3. The number of para-hydroxylation sites is 1. The molecule has 1 N–H and O–H groups in total. The molecule has 24 heavy (non-hydrogen) atoms. The minimum atomic E-state index is -0.329. The molecule has 1 unspecified atom stereocenters. The number of carbonyl (C=O) groups is 1. The minimum absolute atomic E-state index is 0.0776. The van der Waals surface area contributed by atoms with Crippen LogP contribution in [0.3, 0.4) is 0 Å². The first-order valence-corrected chi connectivity index (χ1v) is 8.23. The Morgan fingerprint density at radius 1 is 1.29 bits per heavy atom. The molecule has 5 heteroatoms. The average molecular weight is 326 g/mol. The van der Waals surface area contributed by atoms with Gasteiger partial charge >= 0.3 is 0 Å². The number of nitrogens with one attached hydrogen (secondary N) is 1. The lowest BCUT2D eigenvalue weighted by Crippen LogP contribution is -2.31. The van der Waals surface area contributed by atoms with Gasteiger partial charge in [0, 0.05) is 37.5 Å². The zero-order valence-electron chi connectivity index (χ0n) is 14.0. The number of hydrogen-bond donors (Lipinski definition) is 1. The fraction of sp³-hybridized carbons (Fsp3) is 0.368. The van der Waals surface area contributed by atoms with Crippen LogP contribution in [0.25, 0.3) is 0 Å². The maximum atomic E-state index is 12.2. The van der Waals surface area contributed by atoms with E-state index in [1.165, 1.54) is 23.4 Å². The second kappa shape index (κ2) is 6.91. The van der Waals surface area contributed by atoms with Gasteiger partial charge < -0.3 is 14.6 Å². The maximum Gasteiger partial charge on any atom is 0.287 e. The van der Waals surface area contributed by atoms with Crippen molar-refractivity contribution < 1.29 is 9.21 Å². The predicted octanol–water partition coefficient (Wildman–Crippen LogP) is 2.51. The van der Waals surface area contributed by atoms with Crippen LogP contribution in [0, 0.1) is 19.8 Å². The number of amides is 1. The zero-order chi connectivity index (χ0) is 17.1. The predicted molar refractivity (Wildman–Crippen MR) is 93.5 cm³/mol. The van der Waals surface area contributed by atoms with Gasteiger partial charge in [-0.1, -0.05) is 18.2 Å². The lowest BCUT2D eigenvalue weighted by molar-refractivity contribution is 0.0916. The molecule has 1 aliphatic rings. The highest BCUT2D eigenvalue weighted by molar-refractivity contribution is 5.91. The highest BCUT2D eigenvalue weighted by atomic mass is 16.3. The molecule has 0 aliphatic carbocycles. The fourth-order valence-corrected chi connectivity index (χ4v) is 3.18. The van der Waals surface area contributed by atoms with Crippen LogP contribution in [0.5, 0.6) is 0 Å². The van der Waals surface area contributed by atoms with E-state index in [0.717, 1.165) is 19.5 Å². The molecule has 2 aromatic rings. The van der Waals surface area contributed by atoms with Crippen molar-refractivity contribution in [1.29, 1.82) is 0 Å². The van der Waals surface area contributed by atoms with Crippen LogP contribution in [-0.4, -0.2) is 25.5 Å². The summed E-state index contributed by atoms with van der Waals surface area (Å²) >= 11 is 0. The van der Waals surface area contributed by atoms with Crippen molar-refractivity contribution >= 4 is 11.6 Å². The summed E-state index contributed by atoms with van der Waals surface area (Å²) in [6.07, 6.45) is 1.03. The van der Waals surface area contributed by atoms with Gasteiger partial charge in [-0.3, -0.25) is 9.59 Å². The monoisotopic (exact) mass is 326 g/mol. The molecule has 1 aromatic heterocycles. The van der Waals surface area contributed by atoms with E-state index in [0.29, 0.717) is 18.2 Å². The van der Waals surface area contributed by atoms with Gasteiger partial charge in [-0.05, 0) is 37.8 Å². The van der Waals surface area contributed by atoms with E-state index in [4.69, 9.17) is 4.42 Å². The fourth-order valence-electron chi connectivity index (χ4n) is 3.18. The molecule has 1 amide bonds. The molecule has 0 bridgehead atoms. The van der Waals surface area contributed by atoms with Crippen LogP contribution in [0.15, 0.2) is 45.6 Å². The highest BCUT2D eigenvalue weighted by Crippen LogP contribution is 2.26. The molecule has 1 aliphatic heterocycles. The first-order chi connectivity index (χ1) is 11.5. The van der Waals surface area contributed by atoms with E-state index in [1.54, 1.807) is 6.92 Å². The van der Waals surface area contributed by atoms with E-state index in [9.17, 15) is 9.59 Å². The third kappa shape index (κ3) is 3.67. The molecule has 5 nitrogen and oxygen atoms in total. The van der Waals surface area contributed by atoms with Gasteiger partial charge in [0.25, 0.3) is 5.91 Å². The summed E-state index contributed by atoms with van der Waals surface area (Å²) in [4.78, 5) is 26.0. The highest BCUT2D eigenvalue weighted by Gasteiger charge is 2.24. The van der Waals surface area contributed by atoms with Gasteiger partial charge in [-0.25, -0.2) is 0 Å². The molecule has 0 radical (unpaired) electrons. The number of rotatable bonds is 4. The van der Waals surface area contributed by atoms with Gasteiger partial charge in [0.15, 0.2) is 11.2 Å². The first kappa shape index (κ1) is 16.3. The van der Waals surface area contributed by atoms with Crippen molar-refractivity contribution in [3.8, 4) is 0 Å². The summed E-state index contributed by atoms with van der Waals surface area (Å²) < 4.78 is 5.32. The van der Waals surface area contributed by atoms with Crippen LogP contribution >= 0.6 is 0 Å². The zero-order valence-corrected chi connectivity index (χ0v) is 14.0. The number of carbonyl (C=O) groups excluding carboxylic acids is 1. The minimum Gasteiger partial charge on any atom is -0.456 e. The molecule has 0 spiro atoms. The SMILES string of the molecule is Cc1cc(=O)cc(C(=O)NCC2CCN(c3ccccc3C)C2)o1. The third-order valence-electron chi connectivity index (χ3n) is 4.41. The topological polar surface area (TPSA) is 62.6 Å². The van der Waals surface area contributed by atoms with Gasteiger partial charge in [0.05, 0.1) is 0 Å². The summed E-state index contributed by atoms with van der Waals surface area (Å²) in [5, 5.41) is 2.88. The van der Waals surface area contributed by atoms with Gasteiger partial charge in [-0.2, -0.15) is 0 Å². The molecule has 126 valence electrons. The number of aryl methyl sites for hydroxylation is 2. The summed E-state index contributed by atoms with van der Waals surface area (Å²) in [6.45, 7) is 6.27. The number of hydrogen-bond acceptors (Lipinski definition) is 4. The van der Waals surface area contributed by atoms with Crippen molar-refractivity contribution in [1.82, 2.24) is 5.32 Å². The van der Waals surface area contributed by atoms with E-state index in [2.05, 4.69) is 35.3 Å². The first-order valence-electron chi connectivity index (χ1n) is 8.23. The van der Waals surface area contributed by atoms with E-state index in [1.807, 2.05) is 6.07 Å². The van der Waals surface area contributed by atoms with Crippen LogP contribution in [0.4, 0.5) is 5.69 Å². The largest absolute Gasteiger partial charge is 0.456 e. The number of anilines is 1. The summed E-state index contributed by atoms with van der Waals surface area (Å²) in [6, 6.07) is 11.0. The van der Waals surface area contributed by atoms with E-state index in [-0.39, 0.29) is 17.1 Å². The third-order valence-corrected chi connectivity index (χ3v) is 4.41. The summed E-state index contributed by atoms with van der Waals surface area (Å²) in [5.41, 5.74) is 2.32. The molecular weight excluding hydrogens is 304 g/mol. The number of benzene rings is 1. The molecule has 2 heterocycles. The molecule has 3 rings (SSSR count). The Labute approximate surface area is 141 Å². The lowest BCUT2D eigenvalue weighted by atomic mass is 10.1. The molecule has 1 atom stereocenters. The van der Waals surface area contributed by atoms with Crippen molar-refractivity contribution in [2.24, 2.45) is 5.92 Å². The van der Waals surface area contributed by atoms with Crippen molar-refractivity contribution in [3.05, 3.63) is 63.7 Å². The Balaban J connectivity index is 1.57. The van der Waals surface area contributed by atoms with Crippen molar-refractivity contribution in [2.75, 3.05) is 24.5 Å². The van der Waals surface area contributed by atoms with E-state index < -0.39 is 0 Å². The smallest absolute Gasteiger partial charge is 0.287 e. The van der Waals surface area contributed by atoms with Crippen LogP contribution in [0.2, 0.25) is 0 Å². The van der Waals surface area contributed by atoms with E-state index >= 15 is 0 Å². The average Bonchev–Trinajstić information content (AvgIpc) is 3.01. The lowest BCUT2D eigenvalue weighted by Gasteiger charge is -2.21. The normalized spacial score (nSPS) is 17.1. The van der Waals surface area contributed by atoms with Gasteiger partial charge in [0.2, 0.25) is 0 Å². The van der Waals surface area contributed by atoms with Gasteiger partial charge in [0.1, 0.15) is 5.76 Å². The molecule has 1 fully saturated rings. The Kier molecular flexibility index (Phi) is 4.69. The second-order valence-electron chi connectivity index (χ2n) is 6.37. The second-order valence-corrected chi connectivity index (χ2v) is 6.37. The Hall–Kier alpha value is -2.56. The summed E-state index contributed by atoms with van der Waals surface area (Å²) in [5.74, 6) is 0.586. The van der Waals surface area contributed by atoms with Gasteiger partial charge in [-0.15, -0.1) is 0 Å². The molecule has 0 saturated carbocycles. The maximum absolute atomic E-state index is 12.2. The Morgan fingerprint density at radius 2 is 2.08 bits per heavy atom. The summed E-state index contributed by atoms with van der Waals surface area (Å²) in [7, 11) is 0. The molecule has 1 aromatic carbocycles. The van der Waals surface area contributed by atoms with Crippen LogP contribution in [0.1, 0.15) is 28.3 Å². The Bertz CT molecular complexity index is 797. The quantitative estimate of drug-likeness (QED) is 0.938. The van der Waals surface area contributed by atoms with Crippen LogP contribution in [-0.2, 0) is 0 Å². The van der Waals surface area contributed by atoms with Crippen molar-refractivity contribution in [2.45, 2.75) is 20.3 Å². The van der Waals surface area contributed by atoms with Crippen molar-refractivity contribution in [3.63, 3.8) is 0 Å². The Morgan fingerprint density at radius 3 is 2.83 bits per heavy atom. The standard InChI is InChI=1S/C19H22N2O3/c1-13-5-3-4-6-17(13)21-8-7-15(12-21)11-20-19(23)18-10-16(22)9-14(2)24-18/h3-6,9-10,15H,7-8,11-12H2,1-2H3,(H,20,23). The van der Waals surface area contributed by atoms with Crippen LogP contribution < -0.4 is 15.6 Å².